The van der Waals surface area contributed by atoms with Gasteiger partial charge < -0.3 is 15.5 Å². The van der Waals surface area contributed by atoms with Crippen LogP contribution in [-0.2, 0) is 6.54 Å². The number of pyridine rings is 1. The molecule has 0 aliphatic carbocycles. The van der Waals surface area contributed by atoms with E-state index in [4.69, 9.17) is 0 Å². The number of carbonyl (C=O) groups excluding carboxylic acids is 1. The maximum absolute atomic E-state index is 12.0. The Balaban J connectivity index is 1.85. The zero-order valence-electron chi connectivity index (χ0n) is 14.8. The molecule has 2 N–H and O–H groups in total. The number of aliphatic imine (C=N–C) groups is 1. The van der Waals surface area contributed by atoms with Gasteiger partial charge in [0, 0.05) is 37.9 Å². The molecule has 0 atom stereocenters. The van der Waals surface area contributed by atoms with E-state index in [2.05, 4.69) is 31.0 Å². The van der Waals surface area contributed by atoms with Crippen molar-refractivity contribution in [2.24, 2.45) is 4.99 Å². The van der Waals surface area contributed by atoms with Crippen molar-refractivity contribution in [1.29, 1.82) is 0 Å². The quantitative estimate of drug-likeness (QED) is 0.446. The second kappa shape index (κ2) is 9.73. The van der Waals surface area contributed by atoms with Crippen LogP contribution >= 0.6 is 11.3 Å². The summed E-state index contributed by atoms with van der Waals surface area (Å²) in [6, 6.07) is 3.48. The van der Waals surface area contributed by atoms with Crippen molar-refractivity contribution in [1.82, 2.24) is 25.5 Å². The summed E-state index contributed by atoms with van der Waals surface area (Å²) >= 11 is 1.64. The highest BCUT2D eigenvalue weighted by Crippen LogP contribution is 2.09. The average molecular weight is 360 g/mol. The lowest BCUT2D eigenvalue weighted by Gasteiger charge is -2.21. The van der Waals surface area contributed by atoms with Gasteiger partial charge in [0.1, 0.15) is 0 Å². The van der Waals surface area contributed by atoms with Crippen LogP contribution in [-0.4, -0.2) is 53.4 Å². The van der Waals surface area contributed by atoms with E-state index in [-0.39, 0.29) is 5.91 Å². The van der Waals surface area contributed by atoms with E-state index in [1.54, 1.807) is 35.9 Å². The summed E-state index contributed by atoms with van der Waals surface area (Å²) in [5.74, 6) is 0.656. The van der Waals surface area contributed by atoms with Gasteiger partial charge in [-0.3, -0.25) is 14.8 Å². The van der Waals surface area contributed by atoms with Crippen LogP contribution in [0.2, 0.25) is 0 Å². The van der Waals surface area contributed by atoms with E-state index in [0.717, 1.165) is 23.2 Å². The van der Waals surface area contributed by atoms with E-state index >= 15 is 0 Å². The fraction of sp³-hybridized carbons (Fsp3) is 0.412. The minimum absolute atomic E-state index is 0.139. The maximum Gasteiger partial charge on any atom is 0.252 e. The molecule has 7 nitrogen and oxygen atoms in total. The molecule has 0 saturated carbocycles. The van der Waals surface area contributed by atoms with E-state index in [0.29, 0.717) is 25.2 Å². The molecule has 0 saturated heterocycles. The molecule has 0 spiro atoms. The van der Waals surface area contributed by atoms with E-state index in [9.17, 15) is 4.79 Å². The van der Waals surface area contributed by atoms with Gasteiger partial charge in [-0.25, -0.2) is 4.98 Å². The molecule has 8 heteroatoms. The molecule has 2 aromatic rings. The predicted octanol–water partition coefficient (Wildman–Crippen LogP) is 1.67. The molecule has 134 valence electrons. The van der Waals surface area contributed by atoms with Crippen molar-refractivity contribution in [2.45, 2.75) is 20.4 Å². The van der Waals surface area contributed by atoms with Crippen LogP contribution in [0.5, 0.6) is 0 Å². The lowest BCUT2D eigenvalue weighted by molar-refractivity contribution is 0.0954. The summed E-state index contributed by atoms with van der Waals surface area (Å²) in [4.78, 5) is 27.0. The van der Waals surface area contributed by atoms with Crippen LogP contribution in [0.15, 0.2) is 34.9 Å². The Morgan fingerprint density at radius 3 is 2.88 bits per heavy atom. The zero-order valence-corrected chi connectivity index (χ0v) is 15.6. The fourth-order valence-electron chi connectivity index (χ4n) is 2.20. The summed E-state index contributed by atoms with van der Waals surface area (Å²) in [7, 11) is 1.98. The van der Waals surface area contributed by atoms with Crippen LogP contribution < -0.4 is 10.6 Å². The third kappa shape index (κ3) is 6.15. The molecule has 0 radical (unpaired) electrons. The molecule has 0 aliphatic rings. The number of guanidine groups is 1. The summed E-state index contributed by atoms with van der Waals surface area (Å²) in [6.07, 6.45) is 3.19. The van der Waals surface area contributed by atoms with Crippen LogP contribution in [0.1, 0.15) is 28.0 Å². The van der Waals surface area contributed by atoms with Crippen molar-refractivity contribution in [3.8, 4) is 0 Å². The number of rotatable bonds is 7. The molecule has 2 rings (SSSR count). The van der Waals surface area contributed by atoms with Gasteiger partial charge in [0.05, 0.1) is 29.4 Å². The number of aryl methyl sites for hydroxylation is 1. The summed E-state index contributed by atoms with van der Waals surface area (Å²) < 4.78 is 0. The molecular weight excluding hydrogens is 336 g/mol. The third-order valence-corrected chi connectivity index (χ3v) is 4.17. The molecule has 2 heterocycles. The van der Waals surface area contributed by atoms with Crippen molar-refractivity contribution >= 4 is 23.2 Å². The first kappa shape index (κ1) is 18.9. The monoisotopic (exact) mass is 360 g/mol. The number of nitrogens with zero attached hydrogens (tertiary/aromatic N) is 4. The van der Waals surface area contributed by atoms with Gasteiger partial charge in [0.25, 0.3) is 5.91 Å². The summed E-state index contributed by atoms with van der Waals surface area (Å²) in [5.41, 5.74) is 1.58. The number of aromatic nitrogens is 2. The van der Waals surface area contributed by atoms with Gasteiger partial charge in [-0.2, -0.15) is 0 Å². The highest BCUT2D eigenvalue weighted by molar-refractivity contribution is 7.09. The first-order valence-electron chi connectivity index (χ1n) is 8.18. The third-order valence-electron chi connectivity index (χ3n) is 3.34. The second-order valence-corrected chi connectivity index (χ2v) is 6.51. The van der Waals surface area contributed by atoms with Gasteiger partial charge in [-0.15, -0.1) is 11.3 Å². The number of hydrogen-bond donors (Lipinski definition) is 2. The molecule has 2 aromatic heterocycles. The Kier molecular flexibility index (Phi) is 7.34. The van der Waals surface area contributed by atoms with E-state index < -0.39 is 0 Å². The minimum atomic E-state index is -0.139. The lowest BCUT2D eigenvalue weighted by Crippen LogP contribution is -2.39. The molecule has 0 aliphatic heterocycles. The van der Waals surface area contributed by atoms with Gasteiger partial charge >= 0.3 is 0 Å². The highest BCUT2D eigenvalue weighted by atomic mass is 32.1. The number of carbonyl (C=O) groups is 1. The average Bonchev–Trinajstić information content (AvgIpc) is 3.02. The smallest absolute Gasteiger partial charge is 0.252 e. The second-order valence-electron chi connectivity index (χ2n) is 5.45. The fourth-order valence-corrected chi connectivity index (χ4v) is 2.80. The first-order chi connectivity index (χ1) is 12.1. The van der Waals surface area contributed by atoms with E-state index in [1.165, 1.54) is 0 Å². The Bertz CT molecular complexity index is 700. The van der Waals surface area contributed by atoms with E-state index in [1.807, 2.05) is 25.8 Å². The summed E-state index contributed by atoms with van der Waals surface area (Å²) in [5, 5.41) is 9.22. The van der Waals surface area contributed by atoms with Crippen LogP contribution in [0.4, 0.5) is 0 Å². The van der Waals surface area contributed by atoms with Crippen molar-refractivity contribution < 1.29 is 4.79 Å². The predicted molar refractivity (Wildman–Crippen MR) is 101 cm³/mol. The SMILES string of the molecule is CCNC(=NCCNC(=O)c1cccnc1)N(C)Cc1csc(C)n1. The Morgan fingerprint density at radius 2 is 2.24 bits per heavy atom. The first-order valence-corrected chi connectivity index (χ1v) is 9.06. The van der Waals surface area contributed by atoms with Crippen molar-refractivity contribution in [2.75, 3.05) is 26.7 Å². The molecule has 0 unspecified atom stereocenters. The standard InChI is InChI=1S/C17H24N6OS/c1-4-19-17(23(3)11-15-12-25-13(2)22-15)21-9-8-20-16(24)14-6-5-7-18-10-14/h5-7,10,12H,4,8-9,11H2,1-3H3,(H,19,21)(H,20,24). The number of amides is 1. The Morgan fingerprint density at radius 1 is 1.40 bits per heavy atom. The summed E-state index contributed by atoms with van der Waals surface area (Å²) in [6.45, 7) is 6.46. The van der Waals surface area contributed by atoms with Crippen LogP contribution in [0.3, 0.4) is 0 Å². The number of hydrogen-bond acceptors (Lipinski definition) is 5. The maximum atomic E-state index is 12.0. The van der Waals surface area contributed by atoms with Gasteiger partial charge in [-0.05, 0) is 26.0 Å². The molecule has 0 fully saturated rings. The Hall–Kier alpha value is -2.48. The molecule has 25 heavy (non-hydrogen) atoms. The number of nitrogens with one attached hydrogen (secondary N) is 2. The largest absolute Gasteiger partial charge is 0.357 e. The van der Waals surface area contributed by atoms with Crippen LogP contribution in [0, 0.1) is 6.92 Å². The molecular formula is C17H24N6OS. The molecule has 1 amide bonds. The normalized spacial score (nSPS) is 11.2. The Labute approximate surface area is 152 Å². The highest BCUT2D eigenvalue weighted by Gasteiger charge is 2.09. The van der Waals surface area contributed by atoms with Gasteiger partial charge in [0.2, 0.25) is 0 Å². The van der Waals surface area contributed by atoms with Crippen molar-refractivity contribution in [3.63, 3.8) is 0 Å². The van der Waals surface area contributed by atoms with Gasteiger partial charge in [-0.1, -0.05) is 0 Å². The lowest BCUT2D eigenvalue weighted by atomic mass is 10.3. The van der Waals surface area contributed by atoms with Gasteiger partial charge in [0.15, 0.2) is 5.96 Å². The van der Waals surface area contributed by atoms with Crippen LogP contribution in [0.25, 0.3) is 0 Å². The topological polar surface area (TPSA) is 82.5 Å². The zero-order chi connectivity index (χ0) is 18.1. The minimum Gasteiger partial charge on any atom is -0.357 e. The molecule has 0 aromatic carbocycles. The molecule has 0 bridgehead atoms. The van der Waals surface area contributed by atoms with Crippen molar-refractivity contribution in [3.05, 3.63) is 46.2 Å². The number of thiazole rings is 1.